The Morgan fingerprint density at radius 1 is 1.27 bits per heavy atom. The van der Waals surface area contributed by atoms with E-state index in [1.807, 2.05) is 12.1 Å². The van der Waals surface area contributed by atoms with Crippen molar-refractivity contribution in [1.82, 2.24) is 4.98 Å². The van der Waals surface area contributed by atoms with Crippen LogP contribution in [0.2, 0.25) is 0 Å². The van der Waals surface area contributed by atoms with Crippen molar-refractivity contribution in [2.24, 2.45) is 0 Å². The van der Waals surface area contributed by atoms with E-state index in [1.165, 1.54) is 18.3 Å². The van der Waals surface area contributed by atoms with E-state index in [4.69, 9.17) is 14.7 Å². The molecule has 1 aromatic carbocycles. The number of nitrogens with zero attached hydrogens (tertiary/aromatic N) is 3. The lowest BCUT2D eigenvalue weighted by atomic mass is 10.1. The van der Waals surface area contributed by atoms with Crippen molar-refractivity contribution < 1.29 is 19.1 Å². The number of benzene rings is 1. The molecule has 0 saturated heterocycles. The highest BCUT2D eigenvalue weighted by molar-refractivity contribution is 7.09. The number of aryl methyl sites for hydroxylation is 1. The monoisotopic (exact) mass is 369 g/mol. The zero-order chi connectivity index (χ0) is 19.1. The van der Waals surface area contributed by atoms with Gasteiger partial charge in [-0.25, -0.2) is 9.78 Å². The third-order valence-electron chi connectivity index (χ3n) is 3.32. The van der Waals surface area contributed by atoms with E-state index < -0.39 is 30.4 Å². The number of aromatic nitrogens is 1. The Labute approximate surface area is 154 Å². The highest BCUT2D eigenvalue weighted by Crippen LogP contribution is 2.21. The zero-order valence-corrected chi connectivity index (χ0v) is 14.9. The first kappa shape index (κ1) is 19.1. The summed E-state index contributed by atoms with van der Waals surface area (Å²) in [5, 5.41) is 20.0. The predicted molar refractivity (Wildman–Crippen MR) is 92.4 cm³/mol. The van der Waals surface area contributed by atoms with Crippen molar-refractivity contribution in [3.63, 3.8) is 0 Å². The van der Waals surface area contributed by atoms with E-state index in [0.29, 0.717) is 16.3 Å². The molecule has 2 aromatic rings. The van der Waals surface area contributed by atoms with Gasteiger partial charge in [-0.2, -0.15) is 10.5 Å². The van der Waals surface area contributed by atoms with Gasteiger partial charge in [0, 0.05) is 11.1 Å². The summed E-state index contributed by atoms with van der Waals surface area (Å²) in [7, 11) is 0. The SMILES string of the molecule is Cc1csc([C@H](C#N)C(=O)COC(=O)[C@@H](C)Oc2ccc(C#N)cc2)n1. The molecule has 0 aliphatic rings. The Hall–Kier alpha value is -3.23. The fraction of sp³-hybridized carbons (Fsp3) is 0.278. The van der Waals surface area contributed by atoms with Crippen LogP contribution in [-0.4, -0.2) is 29.4 Å². The van der Waals surface area contributed by atoms with Crippen LogP contribution < -0.4 is 4.74 Å². The van der Waals surface area contributed by atoms with Gasteiger partial charge in [-0.1, -0.05) is 0 Å². The summed E-state index contributed by atoms with van der Waals surface area (Å²) in [6, 6.07) is 10.1. The van der Waals surface area contributed by atoms with Gasteiger partial charge < -0.3 is 9.47 Å². The summed E-state index contributed by atoms with van der Waals surface area (Å²) >= 11 is 1.21. The minimum atomic E-state index is -1.06. The van der Waals surface area contributed by atoms with E-state index in [0.717, 1.165) is 5.69 Å². The van der Waals surface area contributed by atoms with Gasteiger partial charge in [-0.15, -0.1) is 11.3 Å². The molecule has 0 unspecified atom stereocenters. The maximum Gasteiger partial charge on any atom is 0.347 e. The lowest BCUT2D eigenvalue weighted by Gasteiger charge is -2.14. The molecule has 132 valence electrons. The maximum absolute atomic E-state index is 12.1. The summed E-state index contributed by atoms with van der Waals surface area (Å²) < 4.78 is 10.4. The van der Waals surface area contributed by atoms with Gasteiger partial charge in [0.15, 0.2) is 24.4 Å². The lowest BCUT2D eigenvalue weighted by molar-refractivity contribution is -0.154. The zero-order valence-electron chi connectivity index (χ0n) is 14.1. The van der Waals surface area contributed by atoms with Crippen LogP contribution in [0, 0.1) is 29.6 Å². The highest BCUT2D eigenvalue weighted by Gasteiger charge is 2.26. The Balaban J connectivity index is 1.89. The van der Waals surface area contributed by atoms with E-state index >= 15 is 0 Å². The molecule has 0 bridgehead atoms. The minimum Gasteiger partial charge on any atom is -0.479 e. The van der Waals surface area contributed by atoms with Crippen LogP contribution in [0.4, 0.5) is 0 Å². The minimum absolute atomic E-state index is 0.382. The summed E-state index contributed by atoms with van der Waals surface area (Å²) in [5.41, 5.74) is 1.19. The number of carbonyl (C=O) groups excluding carboxylic acids is 2. The van der Waals surface area contributed by atoms with Crippen LogP contribution in [0.5, 0.6) is 5.75 Å². The molecule has 7 nitrogen and oxygen atoms in total. The molecule has 8 heteroatoms. The van der Waals surface area contributed by atoms with Gasteiger partial charge >= 0.3 is 5.97 Å². The number of thiazole rings is 1. The van der Waals surface area contributed by atoms with Gasteiger partial charge in [0.2, 0.25) is 0 Å². The number of rotatable bonds is 7. The third kappa shape index (κ3) is 4.88. The van der Waals surface area contributed by atoms with Gasteiger partial charge in [-0.3, -0.25) is 4.79 Å². The molecule has 1 heterocycles. The average Bonchev–Trinajstić information content (AvgIpc) is 3.06. The topological polar surface area (TPSA) is 113 Å². The molecular formula is C18H15N3O4S. The summed E-state index contributed by atoms with van der Waals surface area (Å²) in [6.07, 6.45) is -0.946. The molecule has 2 atom stereocenters. The van der Waals surface area contributed by atoms with Crippen molar-refractivity contribution in [3.8, 4) is 17.9 Å². The number of esters is 1. The second-order valence-electron chi connectivity index (χ2n) is 5.36. The molecule has 0 fully saturated rings. The average molecular weight is 369 g/mol. The molecule has 26 heavy (non-hydrogen) atoms. The maximum atomic E-state index is 12.1. The van der Waals surface area contributed by atoms with Crippen LogP contribution in [-0.2, 0) is 14.3 Å². The van der Waals surface area contributed by atoms with Gasteiger partial charge in [0.1, 0.15) is 10.8 Å². The van der Waals surface area contributed by atoms with Crippen LogP contribution in [0.15, 0.2) is 29.6 Å². The number of hydrogen-bond acceptors (Lipinski definition) is 8. The van der Waals surface area contributed by atoms with Crippen molar-refractivity contribution in [2.45, 2.75) is 25.9 Å². The van der Waals surface area contributed by atoms with Crippen LogP contribution in [0.3, 0.4) is 0 Å². The van der Waals surface area contributed by atoms with Crippen molar-refractivity contribution in [1.29, 1.82) is 10.5 Å². The number of Topliss-reactive ketones (excluding diaryl/α,β-unsaturated/α-hetero) is 1. The molecule has 0 amide bonds. The second-order valence-corrected chi connectivity index (χ2v) is 6.25. The number of hydrogen-bond donors (Lipinski definition) is 0. The molecule has 0 spiro atoms. The predicted octanol–water partition coefficient (Wildman–Crippen LogP) is 2.51. The third-order valence-corrected chi connectivity index (χ3v) is 4.35. The van der Waals surface area contributed by atoms with Gasteiger partial charge in [-0.05, 0) is 38.1 Å². The van der Waals surface area contributed by atoms with E-state index in [1.54, 1.807) is 36.6 Å². The largest absolute Gasteiger partial charge is 0.479 e. The molecule has 0 N–H and O–H groups in total. The van der Waals surface area contributed by atoms with E-state index in [9.17, 15) is 14.9 Å². The smallest absolute Gasteiger partial charge is 0.347 e. The van der Waals surface area contributed by atoms with Gasteiger partial charge in [0.25, 0.3) is 0 Å². The number of ketones is 1. The Morgan fingerprint density at radius 3 is 2.50 bits per heavy atom. The first-order chi connectivity index (χ1) is 12.4. The van der Waals surface area contributed by atoms with E-state index in [2.05, 4.69) is 4.98 Å². The van der Waals surface area contributed by atoms with Gasteiger partial charge in [0.05, 0.1) is 17.7 Å². The quantitative estimate of drug-likeness (QED) is 0.689. The first-order valence-electron chi connectivity index (χ1n) is 7.62. The summed E-state index contributed by atoms with van der Waals surface area (Å²) in [6.45, 7) is 2.72. The Bertz CT molecular complexity index is 877. The van der Waals surface area contributed by atoms with E-state index in [-0.39, 0.29) is 0 Å². The van der Waals surface area contributed by atoms with Crippen LogP contribution >= 0.6 is 11.3 Å². The lowest BCUT2D eigenvalue weighted by Crippen LogP contribution is -2.29. The fourth-order valence-corrected chi connectivity index (χ4v) is 2.83. The van der Waals surface area contributed by atoms with Crippen molar-refractivity contribution >= 4 is 23.1 Å². The summed E-state index contributed by atoms with van der Waals surface area (Å²) in [5.74, 6) is -1.93. The van der Waals surface area contributed by atoms with Crippen LogP contribution in [0.25, 0.3) is 0 Å². The number of ether oxygens (including phenoxy) is 2. The standard InChI is InChI=1S/C18H15N3O4S/c1-11-10-26-17(21-11)15(8-20)16(22)9-24-18(23)12(2)25-14-5-3-13(7-19)4-6-14/h3-6,10,12,15H,9H2,1-2H3/t12-,15-/m1/s1. The number of nitriles is 2. The van der Waals surface area contributed by atoms with Crippen molar-refractivity contribution in [2.75, 3.05) is 6.61 Å². The molecule has 2 rings (SSSR count). The first-order valence-corrected chi connectivity index (χ1v) is 8.50. The molecule has 1 aromatic heterocycles. The normalized spacial score (nSPS) is 12.3. The Kier molecular flexibility index (Phi) is 6.42. The molecule has 0 aliphatic carbocycles. The second kappa shape index (κ2) is 8.75. The highest BCUT2D eigenvalue weighted by atomic mass is 32.1. The van der Waals surface area contributed by atoms with Crippen molar-refractivity contribution in [3.05, 3.63) is 45.9 Å². The summed E-state index contributed by atoms with van der Waals surface area (Å²) in [4.78, 5) is 28.2. The fourth-order valence-electron chi connectivity index (χ4n) is 1.97. The molecule has 0 radical (unpaired) electrons. The molecule has 0 aliphatic heterocycles. The molecular weight excluding hydrogens is 354 g/mol. The number of carbonyl (C=O) groups is 2. The van der Waals surface area contributed by atoms with Crippen LogP contribution in [0.1, 0.15) is 29.1 Å². The molecule has 0 saturated carbocycles. The Morgan fingerprint density at radius 2 is 1.96 bits per heavy atom.